The number of carbonyl (C=O) groups is 1. The van der Waals surface area contributed by atoms with Gasteiger partial charge in [-0.05, 0) is 17.7 Å². The molecule has 3 nitrogen and oxygen atoms in total. The molecule has 0 spiro atoms. The van der Waals surface area contributed by atoms with Crippen molar-refractivity contribution in [2.75, 3.05) is 11.6 Å². The zero-order chi connectivity index (χ0) is 12.3. The SMILES string of the molecule is Cl.O=C(NCc1ccc(F)c(Cl)c1)C1CSCN1. The largest absolute Gasteiger partial charge is 0.351 e. The molecule has 1 aromatic carbocycles. The smallest absolute Gasteiger partial charge is 0.238 e. The van der Waals surface area contributed by atoms with Crippen LogP contribution in [-0.2, 0) is 11.3 Å². The fraction of sp³-hybridized carbons (Fsp3) is 0.364. The van der Waals surface area contributed by atoms with Crippen LogP contribution < -0.4 is 10.6 Å². The van der Waals surface area contributed by atoms with Crippen LogP contribution in [-0.4, -0.2) is 23.6 Å². The van der Waals surface area contributed by atoms with Gasteiger partial charge in [-0.15, -0.1) is 24.2 Å². The van der Waals surface area contributed by atoms with Crippen LogP contribution in [0.1, 0.15) is 5.56 Å². The number of halogens is 3. The molecule has 0 radical (unpaired) electrons. The maximum Gasteiger partial charge on any atom is 0.238 e. The summed E-state index contributed by atoms with van der Waals surface area (Å²) >= 11 is 7.35. The molecule has 1 saturated heterocycles. The predicted octanol–water partition coefficient (Wildman–Crippen LogP) is 2.18. The van der Waals surface area contributed by atoms with Crippen LogP contribution in [0.15, 0.2) is 18.2 Å². The van der Waals surface area contributed by atoms with Crippen LogP contribution in [0.5, 0.6) is 0 Å². The summed E-state index contributed by atoms with van der Waals surface area (Å²) in [6.45, 7) is 0.363. The van der Waals surface area contributed by atoms with Crippen molar-refractivity contribution >= 4 is 41.7 Å². The fourth-order valence-corrected chi connectivity index (χ4v) is 2.67. The Bertz CT molecular complexity index is 428. The molecule has 0 saturated carbocycles. The molecule has 1 amide bonds. The monoisotopic (exact) mass is 310 g/mol. The molecule has 1 fully saturated rings. The van der Waals surface area contributed by atoms with E-state index in [1.54, 1.807) is 17.8 Å². The lowest BCUT2D eigenvalue weighted by molar-refractivity contribution is -0.122. The summed E-state index contributed by atoms with van der Waals surface area (Å²) in [4.78, 5) is 11.7. The van der Waals surface area contributed by atoms with E-state index in [9.17, 15) is 9.18 Å². The van der Waals surface area contributed by atoms with Crippen molar-refractivity contribution in [3.63, 3.8) is 0 Å². The predicted molar refractivity (Wildman–Crippen MR) is 74.8 cm³/mol. The Labute approximate surface area is 120 Å². The molecular formula is C11H13Cl2FN2OS. The third-order valence-corrected chi connectivity index (χ3v) is 3.71. The molecule has 1 atom stereocenters. The van der Waals surface area contributed by atoms with Gasteiger partial charge in [-0.2, -0.15) is 0 Å². The average Bonchev–Trinajstić information content (AvgIpc) is 2.84. The Balaban J connectivity index is 0.00000162. The van der Waals surface area contributed by atoms with E-state index in [0.717, 1.165) is 17.2 Å². The number of rotatable bonds is 3. The first-order chi connectivity index (χ1) is 8.16. The number of carbonyl (C=O) groups excluding carboxylic acids is 1. The van der Waals surface area contributed by atoms with E-state index < -0.39 is 5.82 Å². The van der Waals surface area contributed by atoms with E-state index in [-0.39, 0.29) is 29.4 Å². The van der Waals surface area contributed by atoms with Crippen molar-refractivity contribution in [1.29, 1.82) is 0 Å². The summed E-state index contributed by atoms with van der Waals surface area (Å²) in [5, 5.41) is 5.94. The Morgan fingerprint density at radius 2 is 2.39 bits per heavy atom. The molecule has 2 N–H and O–H groups in total. The number of amides is 1. The molecule has 1 aromatic rings. The fourth-order valence-electron chi connectivity index (χ4n) is 1.53. The van der Waals surface area contributed by atoms with Crippen molar-refractivity contribution in [3.8, 4) is 0 Å². The highest BCUT2D eigenvalue weighted by molar-refractivity contribution is 7.99. The Morgan fingerprint density at radius 1 is 1.61 bits per heavy atom. The van der Waals surface area contributed by atoms with Crippen molar-refractivity contribution in [2.24, 2.45) is 0 Å². The highest BCUT2D eigenvalue weighted by Gasteiger charge is 2.21. The van der Waals surface area contributed by atoms with Crippen LogP contribution >= 0.6 is 35.8 Å². The quantitative estimate of drug-likeness (QED) is 0.899. The first-order valence-electron chi connectivity index (χ1n) is 5.19. The lowest BCUT2D eigenvalue weighted by atomic mass is 10.2. The van der Waals surface area contributed by atoms with Gasteiger partial charge in [0.25, 0.3) is 0 Å². The highest BCUT2D eigenvalue weighted by Crippen LogP contribution is 2.16. The van der Waals surface area contributed by atoms with Crippen LogP contribution in [0.3, 0.4) is 0 Å². The molecule has 1 aliphatic rings. The number of nitrogens with one attached hydrogen (secondary N) is 2. The van der Waals surface area contributed by atoms with Gasteiger partial charge in [-0.1, -0.05) is 17.7 Å². The van der Waals surface area contributed by atoms with E-state index in [2.05, 4.69) is 10.6 Å². The minimum atomic E-state index is -0.449. The second-order valence-corrected chi connectivity index (χ2v) is 5.18. The first-order valence-corrected chi connectivity index (χ1v) is 6.73. The van der Waals surface area contributed by atoms with Crippen molar-refractivity contribution in [1.82, 2.24) is 10.6 Å². The van der Waals surface area contributed by atoms with E-state index in [4.69, 9.17) is 11.6 Å². The minimum Gasteiger partial charge on any atom is -0.351 e. The zero-order valence-corrected chi connectivity index (χ0v) is 11.8. The summed E-state index contributed by atoms with van der Waals surface area (Å²) in [6, 6.07) is 4.30. The molecule has 1 unspecified atom stereocenters. The van der Waals surface area contributed by atoms with Gasteiger partial charge in [-0.3, -0.25) is 10.1 Å². The highest BCUT2D eigenvalue weighted by atomic mass is 35.5. The zero-order valence-electron chi connectivity index (χ0n) is 9.41. The summed E-state index contributed by atoms with van der Waals surface area (Å²) in [6.07, 6.45) is 0. The number of hydrogen-bond donors (Lipinski definition) is 2. The van der Waals surface area contributed by atoms with Crippen molar-refractivity contribution < 1.29 is 9.18 Å². The molecule has 0 bridgehead atoms. The van der Waals surface area contributed by atoms with Crippen LogP contribution in [0.25, 0.3) is 0 Å². The van der Waals surface area contributed by atoms with Gasteiger partial charge < -0.3 is 5.32 Å². The maximum absolute atomic E-state index is 12.9. The lowest BCUT2D eigenvalue weighted by Gasteiger charge is -2.10. The molecule has 0 aromatic heterocycles. The molecular weight excluding hydrogens is 298 g/mol. The summed E-state index contributed by atoms with van der Waals surface area (Å²) in [5.74, 6) is 1.11. The maximum atomic E-state index is 12.9. The Hall–Kier alpha value is -0.490. The Morgan fingerprint density at radius 3 is 3.00 bits per heavy atom. The van der Waals surface area contributed by atoms with Gasteiger partial charge in [0.1, 0.15) is 5.82 Å². The van der Waals surface area contributed by atoms with Crippen molar-refractivity contribution in [3.05, 3.63) is 34.6 Å². The van der Waals surface area contributed by atoms with Gasteiger partial charge in [0.2, 0.25) is 5.91 Å². The number of hydrogen-bond acceptors (Lipinski definition) is 3. The van der Waals surface area contributed by atoms with Gasteiger partial charge >= 0.3 is 0 Å². The first kappa shape index (κ1) is 15.6. The van der Waals surface area contributed by atoms with E-state index in [1.165, 1.54) is 12.1 Å². The minimum absolute atomic E-state index is 0. The van der Waals surface area contributed by atoms with Crippen molar-refractivity contribution in [2.45, 2.75) is 12.6 Å². The molecule has 100 valence electrons. The molecule has 18 heavy (non-hydrogen) atoms. The summed E-state index contributed by atoms with van der Waals surface area (Å²) in [7, 11) is 0. The van der Waals surface area contributed by atoms with E-state index >= 15 is 0 Å². The van der Waals surface area contributed by atoms with Gasteiger partial charge in [0.15, 0.2) is 0 Å². The molecule has 7 heteroatoms. The summed E-state index contributed by atoms with van der Waals surface area (Å²) in [5.41, 5.74) is 0.787. The number of thioether (sulfide) groups is 1. The molecule has 1 heterocycles. The molecule has 1 aliphatic heterocycles. The second-order valence-electron chi connectivity index (χ2n) is 3.74. The number of benzene rings is 1. The van der Waals surface area contributed by atoms with Gasteiger partial charge in [-0.25, -0.2) is 4.39 Å². The molecule has 0 aliphatic carbocycles. The van der Waals surface area contributed by atoms with Crippen LogP contribution in [0.2, 0.25) is 5.02 Å². The lowest BCUT2D eigenvalue weighted by Crippen LogP contribution is -2.41. The van der Waals surface area contributed by atoms with Gasteiger partial charge in [0.05, 0.1) is 11.1 Å². The topological polar surface area (TPSA) is 41.1 Å². The average molecular weight is 311 g/mol. The van der Waals surface area contributed by atoms with Crippen LogP contribution in [0.4, 0.5) is 4.39 Å². The standard InChI is InChI=1S/C11H12ClFN2OS.ClH/c12-8-3-7(1-2-9(8)13)4-14-11(16)10-5-17-6-15-10;/h1-3,10,15H,4-6H2,(H,14,16);1H. The molecule has 2 rings (SSSR count). The Kier molecular flexibility index (Phi) is 6.21. The second kappa shape index (κ2) is 7.19. The third-order valence-electron chi connectivity index (χ3n) is 2.48. The van der Waals surface area contributed by atoms with E-state index in [0.29, 0.717) is 6.54 Å². The third kappa shape index (κ3) is 4.02. The normalized spacial score (nSPS) is 18.2. The summed E-state index contributed by atoms with van der Waals surface area (Å²) < 4.78 is 12.9. The van der Waals surface area contributed by atoms with Gasteiger partial charge in [0, 0.05) is 18.2 Å². The van der Waals surface area contributed by atoms with E-state index in [1.807, 2.05) is 0 Å². The van der Waals surface area contributed by atoms with Crippen LogP contribution in [0, 0.1) is 5.82 Å².